The van der Waals surface area contributed by atoms with E-state index in [0.29, 0.717) is 5.75 Å². The van der Waals surface area contributed by atoms with Crippen LogP contribution < -0.4 is 11.5 Å². The molecule has 0 aromatic heterocycles. The van der Waals surface area contributed by atoms with Crippen LogP contribution in [0.1, 0.15) is 0 Å². The maximum absolute atomic E-state index is 10.3. The molecular formula is C6H14N2O4S2. The van der Waals surface area contributed by atoms with Gasteiger partial charge in [-0.3, -0.25) is 4.79 Å². The summed E-state index contributed by atoms with van der Waals surface area (Å²) in [5, 5.41) is 25.6. The van der Waals surface area contributed by atoms with Crippen LogP contribution in [0.5, 0.6) is 0 Å². The van der Waals surface area contributed by atoms with E-state index in [0.717, 1.165) is 0 Å². The van der Waals surface area contributed by atoms with E-state index in [1.54, 1.807) is 0 Å². The molecule has 0 radical (unpaired) electrons. The number of carboxylic acids is 1. The summed E-state index contributed by atoms with van der Waals surface area (Å²) < 4.78 is 0. The number of aliphatic hydroxyl groups excluding tert-OH is 1. The van der Waals surface area contributed by atoms with Crippen molar-refractivity contribution in [2.24, 2.45) is 11.5 Å². The van der Waals surface area contributed by atoms with E-state index in [9.17, 15) is 4.79 Å². The zero-order chi connectivity index (χ0) is 11.1. The molecular weight excluding hydrogens is 228 g/mol. The molecule has 0 heterocycles. The molecule has 0 spiro atoms. The predicted octanol–water partition coefficient (Wildman–Crippen LogP) is -1.58. The summed E-state index contributed by atoms with van der Waals surface area (Å²) in [6, 6.07) is -1.63. The molecule has 0 rings (SSSR count). The zero-order valence-corrected chi connectivity index (χ0v) is 9.00. The molecule has 2 atom stereocenters. The summed E-state index contributed by atoms with van der Waals surface area (Å²) in [7, 11) is 2.51. The number of hydrogen-bond acceptors (Lipinski definition) is 7. The van der Waals surface area contributed by atoms with Gasteiger partial charge in [-0.25, -0.2) is 0 Å². The second-order valence-electron chi connectivity index (χ2n) is 2.59. The minimum Gasteiger partial charge on any atom is -0.480 e. The largest absolute Gasteiger partial charge is 0.480 e. The summed E-state index contributed by atoms with van der Waals surface area (Å²) in [5.74, 6) is -0.465. The highest BCUT2D eigenvalue weighted by molar-refractivity contribution is 8.76. The van der Waals surface area contributed by atoms with Gasteiger partial charge < -0.3 is 26.8 Å². The van der Waals surface area contributed by atoms with Crippen molar-refractivity contribution in [2.45, 2.75) is 18.4 Å². The van der Waals surface area contributed by atoms with Gasteiger partial charge in [0.25, 0.3) is 0 Å². The lowest BCUT2D eigenvalue weighted by Crippen LogP contribution is -2.36. The Kier molecular flexibility index (Phi) is 7.33. The highest BCUT2D eigenvalue weighted by Crippen LogP contribution is 2.22. The Morgan fingerprint density at radius 2 is 1.71 bits per heavy atom. The lowest BCUT2D eigenvalue weighted by Gasteiger charge is -2.12. The van der Waals surface area contributed by atoms with Gasteiger partial charge in [0.2, 0.25) is 0 Å². The summed E-state index contributed by atoms with van der Waals surface area (Å²) >= 11 is 0. The number of hydrogen-bond donors (Lipinski definition) is 5. The quantitative estimate of drug-likeness (QED) is 0.205. The van der Waals surface area contributed by atoms with Crippen molar-refractivity contribution in [3.63, 3.8) is 0 Å². The van der Waals surface area contributed by atoms with Crippen molar-refractivity contribution in [3.8, 4) is 0 Å². The highest BCUT2D eigenvalue weighted by Gasteiger charge is 2.13. The van der Waals surface area contributed by atoms with Crippen LogP contribution in [0.4, 0.5) is 0 Å². The lowest BCUT2D eigenvalue weighted by molar-refractivity contribution is -0.137. The monoisotopic (exact) mass is 242 g/mol. The first-order chi connectivity index (χ1) is 6.45. The third-order valence-electron chi connectivity index (χ3n) is 1.29. The Morgan fingerprint density at radius 3 is 2.14 bits per heavy atom. The first-order valence-corrected chi connectivity index (χ1v) is 6.28. The Labute approximate surface area is 89.4 Å². The van der Waals surface area contributed by atoms with Crippen molar-refractivity contribution in [2.75, 3.05) is 11.5 Å². The van der Waals surface area contributed by atoms with Crippen LogP contribution in [0.2, 0.25) is 0 Å². The molecule has 0 amide bonds. The number of aliphatic carboxylic acids is 1. The van der Waals surface area contributed by atoms with E-state index in [1.807, 2.05) is 0 Å². The molecule has 0 fully saturated rings. The molecule has 7 N–H and O–H groups in total. The summed E-state index contributed by atoms with van der Waals surface area (Å²) in [6.07, 6.45) is -1.55. The third-order valence-corrected chi connectivity index (χ3v) is 3.79. The van der Waals surface area contributed by atoms with Gasteiger partial charge in [0, 0.05) is 11.5 Å². The summed E-state index contributed by atoms with van der Waals surface area (Å²) in [5.41, 5.74) is 10.5. The molecule has 8 heteroatoms. The Morgan fingerprint density at radius 1 is 1.21 bits per heavy atom. The van der Waals surface area contributed by atoms with Gasteiger partial charge in [-0.2, -0.15) is 0 Å². The van der Waals surface area contributed by atoms with Crippen molar-refractivity contribution in [3.05, 3.63) is 0 Å². The van der Waals surface area contributed by atoms with E-state index in [1.165, 1.54) is 21.6 Å². The predicted molar refractivity (Wildman–Crippen MR) is 56.7 cm³/mol. The van der Waals surface area contributed by atoms with Gasteiger partial charge in [0.05, 0.1) is 6.04 Å². The lowest BCUT2D eigenvalue weighted by atomic mass is 10.4. The standard InChI is InChI=1S/C6H14N2O4S2/c7-3(5(9)10)1-13-14-2-4(8)6(11)12/h3-5,9-10H,1-2,7-8H2,(H,11,12)/t3-,4-/m0/s1. The molecule has 0 saturated carbocycles. The number of carboxylic acid groups (broad SMARTS) is 1. The maximum Gasteiger partial charge on any atom is 0.321 e. The van der Waals surface area contributed by atoms with Gasteiger partial charge in [-0.05, 0) is 0 Å². The topological polar surface area (TPSA) is 130 Å². The fourth-order valence-corrected chi connectivity index (χ4v) is 2.70. The first-order valence-electron chi connectivity index (χ1n) is 3.79. The van der Waals surface area contributed by atoms with Gasteiger partial charge in [0.15, 0.2) is 6.29 Å². The molecule has 0 aliphatic rings. The SMILES string of the molecule is N[C@@H](CSSC[C@H](N)C(O)O)C(=O)O. The average Bonchev–Trinajstić information content (AvgIpc) is 2.11. The van der Waals surface area contributed by atoms with E-state index < -0.39 is 24.3 Å². The van der Waals surface area contributed by atoms with Crippen LogP contribution in [0, 0.1) is 0 Å². The maximum atomic E-state index is 10.3. The summed E-state index contributed by atoms with van der Waals surface area (Å²) in [6.45, 7) is 0. The zero-order valence-electron chi connectivity index (χ0n) is 7.37. The molecule has 14 heavy (non-hydrogen) atoms. The average molecular weight is 242 g/mol. The minimum absolute atomic E-state index is 0.258. The molecule has 84 valence electrons. The van der Waals surface area contributed by atoms with Crippen LogP contribution >= 0.6 is 21.6 Å². The van der Waals surface area contributed by atoms with E-state index >= 15 is 0 Å². The van der Waals surface area contributed by atoms with Crippen LogP contribution in [-0.4, -0.2) is 51.2 Å². The van der Waals surface area contributed by atoms with Crippen LogP contribution in [0.3, 0.4) is 0 Å². The molecule has 0 aromatic carbocycles. The normalized spacial score (nSPS) is 15.5. The molecule has 0 aromatic rings. The second-order valence-corrected chi connectivity index (χ2v) is 5.14. The number of rotatable bonds is 7. The van der Waals surface area contributed by atoms with E-state index in [4.69, 9.17) is 26.8 Å². The molecule has 0 bridgehead atoms. The highest BCUT2D eigenvalue weighted by atomic mass is 33.1. The fraction of sp³-hybridized carbons (Fsp3) is 0.833. The minimum atomic E-state index is -1.55. The molecule has 0 aliphatic carbocycles. The fourth-order valence-electron chi connectivity index (χ4n) is 0.405. The van der Waals surface area contributed by atoms with Crippen LogP contribution in [-0.2, 0) is 4.79 Å². The number of carbonyl (C=O) groups is 1. The molecule has 0 saturated heterocycles. The number of aliphatic hydroxyl groups is 2. The second kappa shape index (κ2) is 7.32. The summed E-state index contributed by atoms with van der Waals surface area (Å²) in [4.78, 5) is 10.3. The van der Waals surface area contributed by atoms with Crippen molar-refractivity contribution in [1.82, 2.24) is 0 Å². The van der Waals surface area contributed by atoms with Crippen LogP contribution in [0.25, 0.3) is 0 Å². The van der Waals surface area contributed by atoms with Crippen molar-refractivity contribution >= 4 is 27.6 Å². The smallest absolute Gasteiger partial charge is 0.321 e. The number of nitrogens with two attached hydrogens (primary N) is 2. The molecule has 6 nitrogen and oxygen atoms in total. The first kappa shape index (κ1) is 14.0. The van der Waals surface area contributed by atoms with Gasteiger partial charge in [-0.15, -0.1) is 0 Å². The van der Waals surface area contributed by atoms with E-state index in [2.05, 4.69) is 0 Å². The van der Waals surface area contributed by atoms with Crippen molar-refractivity contribution in [1.29, 1.82) is 0 Å². The Balaban J connectivity index is 3.42. The van der Waals surface area contributed by atoms with Crippen molar-refractivity contribution < 1.29 is 20.1 Å². The Hall–Kier alpha value is 0.01000. The molecule has 0 unspecified atom stereocenters. The molecule has 0 aliphatic heterocycles. The van der Waals surface area contributed by atoms with Gasteiger partial charge in [0.1, 0.15) is 6.04 Å². The van der Waals surface area contributed by atoms with Gasteiger partial charge >= 0.3 is 5.97 Å². The Bertz CT molecular complexity index is 181. The van der Waals surface area contributed by atoms with E-state index in [-0.39, 0.29) is 5.75 Å². The van der Waals surface area contributed by atoms with Crippen LogP contribution in [0.15, 0.2) is 0 Å². The van der Waals surface area contributed by atoms with Gasteiger partial charge in [-0.1, -0.05) is 21.6 Å². The third kappa shape index (κ3) is 6.46.